The molecule has 0 aromatic heterocycles. The summed E-state index contributed by atoms with van der Waals surface area (Å²) < 4.78 is 18.5. The van der Waals surface area contributed by atoms with E-state index >= 15 is 0 Å². The van der Waals surface area contributed by atoms with Crippen LogP contribution in [0.1, 0.15) is 12.5 Å². The summed E-state index contributed by atoms with van der Waals surface area (Å²) in [5.41, 5.74) is 0.865. The summed E-state index contributed by atoms with van der Waals surface area (Å²) in [7, 11) is 1.55. The molecular formula is C19H21FN2O4. The molecule has 1 atom stereocenters. The van der Waals surface area contributed by atoms with Crippen molar-refractivity contribution < 1.29 is 23.8 Å². The first-order valence-corrected chi connectivity index (χ1v) is 8.09. The van der Waals surface area contributed by atoms with Gasteiger partial charge in [-0.05, 0) is 42.0 Å². The topological polar surface area (TPSA) is 78.9 Å². The molecule has 2 aromatic carbocycles. The highest BCUT2D eigenvalue weighted by atomic mass is 19.1. The smallest absolute Gasteiger partial charge is 0.317 e. The molecule has 0 saturated carbocycles. The number of carbonyl (C=O) groups excluding carboxylic acids is 1. The molecule has 0 aliphatic rings. The lowest BCUT2D eigenvalue weighted by molar-refractivity contribution is -0.141. The summed E-state index contributed by atoms with van der Waals surface area (Å²) in [5.74, 6) is -0.776. The van der Waals surface area contributed by atoms with Gasteiger partial charge in [-0.2, -0.15) is 0 Å². The number of carboxylic acid groups (broad SMARTS) is 1. The van der Waals surface area contributed by atoms with Gasteiger partial charge in [-0.15, -0.1) is 0 Å². The molecule has 6 nitrogen and oxygen atoms in total. The fourth-order valence-electron chi connectivity index (χ4n) is 2.20. The zero-order chi connectivity index (χ0) is 19.1. The van der Waals surface area contributed by atoms with Gasteiger partial charge in [0.05, 0.1) is 5.92 Å². The molecule has 7 heteroatoms. The first-order valence-electron chi connectivity index (χ1n) is 8.09. The summed E-state index contributed by atoms with van der Waals surface area (Å²) in [5, 5.41) is 11.6. The number of carbonyl (C=O) groups is 2. The lowest BCUT2D eigenvalue weighted by Gasteiger charge is -2.20. The third-order valence-electron chi connectivity index (χ3n) is 3.73. The van der Waals surface area contributed by atoms with Crippen molar-refractivity contribution in [3.8, 4) is 11.5 Å². The number of benzene rings is 2. The third-order valence-corrected chi connectivity index (χ3v) is 3.73. The van der Waals surface area contributed by atoms with Crippen LogP contribution in [-0.4, -0.2) is 35.6 Å². The van der Waals surface area contributed by atoms with Gasteiger partial charge in [-0.1, -0.05) is 19.1 Å². The summed E-state index contributed by atoms with van der Waals surface area (Å²) in [6.07, 6.45) is 0. The monoisotopic (exact) mass is 360 g/mol. The second-order valence-corrected chi connectivity index (χ2v) is 5.98. The highest BCUT2D eigenvalue weighted by Crippen LogP contribution is 2.21. The normalized spacial score (nSPS) is 11.5. The number of hydrogen-bond acceptors (Lipinski definition) is 3. The molecule has 1 unspecified atom stereocenters. The van der Waals surface area contributed by atoms with E-state index in [9.17, 15) is 14.0 Å². The molecule has 0 radical (unpaired) electrons. The van der Waals surface area contributed by atoms with Crippen LogP contribution in [0.3, 0.4) is 0 Å². The first-order chi connectivity index (χ1) is 12.3. The molecule has 0 fully saturated rings. The Bertz CT molecular complexity index is 747. The minimum atomic E-state index is -0.943. The Kier molecular flexibility index (Phi) is 6.54. The van der Waals surface area contributed by atoms with Crippen LogP contribution in [0.5, 0.6) is 11.5 Å². The Balaban J connectivity index is 1.84. The van der Waals surface area contributed by atoms with E-state index in [-0.39, 0.29) is 18.4 Å². The number of urea groups is 1. The van der Waals surface area contributed by atoms with E-state index in [1.165, 1.54) is 29.2 Å². The van der Waals surface area contributed by atoms with Crippen LogP contribution in [-0.2, 0) is 11.3 Å². The van der Waals surface area contributed by atoms with E-state index in [4.69, 9.17) is 9.84 Å². The predicted molar refractivity (Wildman–Crippen MR) is 94.6 cm³/mol. The highest BCUT2D eigenvalue weighted by molar-refractivity contribution is 5.75. The summed E-state index contributed by atoms with van der Waals surface area (Å²) in [4.78, 5) is 24.1. The van der Waals surface area contributed by atoms with Crippen molar-refractivity contribution in [2.75, 3.05) is 13.6 Å². The van der Waals surface area contributed by atoms with Gasteiger partial charge in [0.1, 0.15) is 17.3 Å². The summed E-state index contributed by atoms with van der Waals surface area (Å²) >= 11 is 0. The number of carboxylic acids is 1. The van der Waals surface area contributed by atoms with Crippen molar-refractivity contribution in [3.05, 3.63) is 59.9 Å². The Morgan fingerprint density at radius 1 is 1.12 bits per heavy atom. The van der Waals surface area contributed by atoms with Crippen molar-refractivity contribution >= 4 is 12.0 Å². The Morgan fingerprint density at radius 2 is 1.65 bits per heavy atom. The van der Waals surface area contributed by atoms with E-state index < -0.39 is 11.9 Å². The number of hydrogen-bond donors (Lipinski definition) is 2. The average molecular weight is 360 g/mol. The maximum atomic E-state index is 12.9. The van der Waals surface area contributed by atoms with Crippen molar-refractivity contribution in [3.63, 3.8) is 0 Å². The molecule has 0 saturated heterocycles. The van der Waals surface area contributed by atoms with Gasteiger partial charge in [0, 0.05) is 20.1 Å². The molecule has 2 rings (SSSR count). The minimum absolute atomic E-state index is 0.131. The number of rotatable bonds is 7. The Labute approximate surface area is 151 Å². The van der Waals surface area contributed by atoms with Crippen LogP contribution in [0.15, 0.2) is 48.5 Å². The standard InChI is InChI=1S/C19H21FN2O4/c1-13(18(23)24)12-22(2)19(25)21-11-14-3-7-16(8-4-14)26-17-9-5-15(20)6-10-17/h3-10,13H,11-12H2,1-2H3,(H,21,25)(H,23,24). The maximum Gasteiger partial charge on any atom is 0.317 e. The molecule has 0 bridgehead atoms. The quantitative estimate of drug-likeness (QED) is 0.792. The van der Waals surface area contributed by atoms with Crippen LogP contribution in [0.25, 0.3) is 0 Å². The molecule has 0 heterocycles. The van der Waals surface area contributed by atoms with E-state index in [1.807, 2.05) is 0 Å². The van der Waals surface area contributed by atoms with Crippen LogP contribution in [0.2, 0.25) is 0 Å². The number of halogens is 1. The molecule has 0 aliphatic heterocycles. The lowest BCUT2D eigenvalue weighted by Crippen LogP contribution is -2.40. The zero-order valence-electron chi connectivity index (χ0n) is 14.6. The summed E-state index contributed by atoms with van der Waals surface area (Å²) in [6.45, 7) is 1.99. The van der Waals surface area contributed by atoms with E-state index in [0.29, 0.717) is 18.0 Å². The van der Waals surface area contributed by atoms with Gasteiger partial charge >= 0.3 is 12.0 Å². The molecule has 0 spiro atoms. The Morgan fingerprint density at radius 3 is 2.19 bits per heavy atom. The van der Waals surface area contributed by atoms with E-state index in [2.05, 4.69) is 5.32 Å². The predicted octanol–water partition coefficient (Wildman–Crippen LogP) is 3.48. The maximum absolute atomic E-state index is 12.9. The SMILES string of the molecule is CC(CN(C)C(=O)NCc1ccc(Oc2ccc(F)cc2)cc1)C(=O)O. The fraction of sp³-hybridized carbons (Fsp3) is 0.263. The number of nitrogens with zero attached hydrogens (tertiary/aromatic N) is 1. The molecular weight excluding hydrogens is 339 g/mol. The van der Waals surface area contributed by atoms with Gasteiger partial charge in [-0.25, -0.2) is 9.18 Å². The van der Waals surface area contributed by atoms with Crippen molar-refractivity contribution in [1.29, 1.82) is 0 Å². The van der Waals surface area contributed by atoms with E-state index in [1.54, 1.807) is 38.2 Å². The summed E-state index contributed by atoms with van der Waals surface area (Å²) in [6, 6.07) is 12.5. The first kappa shape index (κ1) is 19.2. The number of nitrogens with one attached hydrogen (secondary N) is 1. The van der Waals surface area contributed by atoms with Crippen molar-refractivity contribution in [1.82, 2.24) is 10.2 Å². The lowest BCUT2D eigenvalue weighted by atomic mass is 10.2. The van der Waals surface area contributed by atoms with Gasteiger partial charge in [0.2, 0.25) is 0 Å². The molecule has 26 heavy (non-hydrogen) atoms. The second-order valence-electron chi connectivity index (χ2n) is 5.98. The average Bonchev–Trinajstić information content (AvgIpc) is 2.62. The second kappa shape index (κ2) is 8.84. The van der Waals surface area contributed by atoms with Crippen LogP contribution in [0, 0.1) is 11.7 Å². The van der Waals surface area contributed by atoms with Gasteiger partial charge < -0.3 is 20.1 Å². The molecule has 0 aliphatic carbocycles. The number of amides is 2. The van der Waals surface area contributed by atoms with E-state index in [0.717, 1.165) is 5.56 Å². The molecule has 2 N–H and O–H groups in total. The van der Waals surface area contributed by atoms with Gasteiger partial charge in [-0.3, -0.25) is 4.79 Å². The number of ether oxygens (including phenoxy) is 1. The molecule has 2 amide bonds. The largest absolute Gasteiger partial charge is 0.481 e. The zero-order valence-corrected chi connectivity index (χ0v) is 14.6. The molecule has 2 aromatic rings. The van der Waals surface area contributed by atoms with Crippen LogP contribution in [0.4, 0.5) is 9.18 Å². The highest BCUT2D eigenvalue weighted by Gasteiger charge is 2.17. The van der Waals surface area contributed by atoms with Crippen molar-refractivity contribution in [2.45, 2.75) is 13.5 Å². The fourth-order valence-corrected chi connectivity index (χ4v) is 2.20. The third kappa shape index (κ3) is 5.77. The van der Waals surface area contributed by atoms with Crippen LogP contribution >= 0.6 is 0 Å². The number of aliphatic carboxylic acids is 1. The Hall–Kier alpha value is -3.09. The van der Waals surface area contributed by atoms with Gasteiger partial charge in [0.25, 0.3) is 0 Å². The van der Waals surface area contributed by atoms with Crippen LogP contribution < -0.4 is 10.1 Å². The minimum Gasteiger partial charge on any atom is -0.481 e. The van der Waals surface area contributed by atoms with Crippen molar-refractivity contribution in [2.24, 2.45) is 5.92 Å². The van der Waals surface area contributed by atoms with Gasteiger partial charge in [0.15, 0.2) is 0 Å². The molecule has 138 valence electrons.